The number of carbonyl (C=O) groups is 1. The molecule has 0 unspecified atom stereocenters. The lowest BCUT2D eigenvalue weighted by atomic mass is 10.2. The third-order valence-corrected chi connectivity index (χ3v) is 2.91. The standard InChI is InChI=1S/C10H8N2O4S/c1-6-9(12(14)15)4-8(17-6)3-7(5-11)10(13)16-2/h3-4H,1-2H3/b7-3+. The highest BCUT2D eigenvalue weighted by molar-refractivity contribution is 7.13. The van der Waals surface area contributed by atoms with Gasteiger partial charge in [-0.2, -0.15) is 5.26 Å². The van der Waals surface area contributed by atoms with Gasteiger partial charge < -0.3 is 4.74 Å². The molecule has 0 aromatic carbocycles. The number of hydrogen-bond acceptors (Lipinski definition) is 6. The van der Waals surface area contributed by atoms with Crippen LogP contribution < -0.4 is 0 Å². The molecule has 0 aliphatic rings. The Kier molecular flexibility index (Phi) is 3.96. The molecule has 7 heteroatoms. The van der Waals surface area contributed by atoms with Crippen molar-refractivity contribution in [3.8, 4) is 6.07 Å². The second-order valence-electron chi connectivity index (χ2n) is 3.01. The van der Waals surface area contributed by atoms with E-state index in [2.05, 4.69) is 4.74 Å². The van der Waals surface area contributed by atoms with E-state index in [0.29, 0.717) is 9.75 Å². The van der Waals surface area contributed by atoms with Crippen LogP contribution >= 0.6 is 11.3 Å². The minimum absolute atomic E-state index is 0.0246. The van der Waals surface area contributed by atoms with Crippen LogP contribution in [-0.4, -0.2) is 18.0 Å². The molecule has 88 valence electrons. The summed E-state index contributed by atoms with van der Waals surface area (Å²) in [5.41, 5.74) is -0.216. The summed E-state index contributed by atoms with van der Waals surface area (Å²) in [4.78, 5) is 22.2. The van der Waals surface area contributed by atoms with Gasteiger partial charge in [0.2, 0.25) is 0 Å². The van der Waals surface area contributed by atoms with Crippen molar-refractivity contribution < 1.29 is 14.5 Å². The van der Waals surface area contributed by atoms with Crippen molar-refractivity contribution >= 4 is 29.1 Å². The molecule has 0 saturated carbocycles. The van der Waals surface area contributed by atoms with Gasteiger partial charge >= 0.3 is 5.97 Å². The summed E-state index contributed by atoms with van der Waals surface area (Å²) in [6.45, 7) is 1.60. The Morgan fingerprint density at radius 1 is 1.71 bits per heavy atom. The molecular weight excluding hydrogens is 244 g/mol. The molecule has 6 nitrogen and oxygen atoms in total. The highest BCUT2D eigenvalue weighted by Gasteiger charge is 2.16. The van der Waals surface area contributed by atoms with Crippen molar-refractivity contribution in [2.24, 2.45) is 0 Å². The number of carbonyl (C=O) groups excluding carboxylic acids is 1. The molecule has 0 amide bonds. The first-order chi connectivity index (χ1) is 7.99. The quantitative estimate of drug-likeness (QED) is 0.270. The maximum atomic E-state index is 11.1. The number of esters is 1. The van der Waals surface area contributed by atoms with E-state index in [-0.39, 0.29) is 11.3 Å². The SMILES string of the molecule is COC(=O)/C(C#N)=C/c1cc([N+](=O)[O-])c(C)s1. The van der Waals surface area contributed by atoms with Crippen LogP contribution in [0.5, 0.6) is 0 Å². The zero-order chi connectivity index (χ0) is 13.0. The van der Waals surface area contributed by atoms with Gasteiger partial charge in [0, 0.05) is 10.9 Å². The van der Waals surface area contributed by atoms with E-state index in [4.69, 9.17) is 5.26 Å². The van der Waals surface area contributed by atoms with Crippen molar-refractivity contribution in [1.29, 1.82) is 5.26 Å². The number of hydrogen-bond donors (Lipinski definition) is 0. The third kappa shape index (κ3) is 2.89. The van der Waals surface area contributed by atoms with Crippen LogP contribution in [0.4, 0.5) is 5.69 Å². The van der Waals surface area contributed by atoms with Gasteiger partial charge in [-0.3, -0.25) is 10.1 Å². The zero-order valence-corrected chi connectivity index (χ0v) is 9.91. The van der Waals surface area contributed by atoms with Crippen molar-refractivity contribution in [2.45, 2.75) is 6.92 Å². The maximum absolute atomic E-state index is 11.1. The average Bonchev–Trinajstić information content (AvgIpc) is 2.66. The minimum atomic E-state index is -0.763. The van der Waals surface area contributed by atoms with Crippen LogP contribution in [0, 0.1) is 28.4 Å². The number of methoxy groups -OCH3 is 1. The van der Waals surface area contributed by atoms with E-state index in [1.54, 1.807) is 13.0 Å². The molecule has 0 radical (unpaired) electrons. The van der Waals surface area contributed by atoms with Gasteiger partial charge in [-0.05, 0) is 13.0 Å². The molecule has 0 atom stereocenters. The number of aryl methyl sites for hydroxylation is 1. The Morgan fingerprint density at radius 2 is 2.35 bits per heavy atom. The molecule has 1 aromatic heterocycles. The molecule has 0 aliphatic carbocycles. The smallest absolute Gasteiger partial charge is 0.348 e. The van der Waals surface area contributed by atoms with Crippen LogP contribution in [0.15, 0.2) is 11.6 Å². The molecule has 0 saturated heterocycles. The molecule has 1 aromatic rings. The first kappa shape index (κ1) is 12.9. The number of rotatable bonds is 3. The summed E-state index contributed by atoms with van der Waals surface area (Å²) in [5, 5.41) is 19.3. The summed E-state index contributed by atoms with van der Waals surface area (Å²) < 4.78 is 4.40. The van der Waals surface area contributed by atoms with E-state index < -0.39 is 10.9 Å². The Bertz CT molecular complexity index is 539. The van der Waals surface area contributed by atoms with Gasteiger partial charge in [-0.15, -0.1) is 11.3 Å². The van der Waals surface area contributed by atoms with E-state index in [1.807, 2.05) is 0 Å². The third-order valence-electron chi connectivity index (χ3n) is 1.92. The fourth-order valence-corrected chi connectivity index (χ4v) is 2.08. The molecule has 0 aliphatic heterocycles. The number of nitrogens with zero attached hydrogens (tertiary/aromatic N) is 2. The Morgan fingerprint density at radius 3 is 2.76 bits per heavy atom. The summed E-state index contributed by atoms with van der Waals surface area (Å²) >= 11 is 1.14. The summed E-state index contributed by atoms with van der Waals surface area (Å²) in [7, 11) is 1.16. The summed E-state index contributed by atoms with van der Waals surface area (Å²) in [6, 6.07) is 3.00. The Balaban J connectivity index is 3.14. The van der Waals surface area contributed by atoms with Crippen molar-refractivity contribution in [1.82, 2.24) is 0 Å². The molecule has 0 spiro atoms. The van der Waals surface area contributed by atoms with E-state index in [9.17, 15) is 14.9 Å². The van der Waals surface area contributed by atoms with E-state index >= 15 is 0 Å². The lowest BCUT2D eigenvalue weighted by Gasteiger charge is -1.93. The minimum Gasteiger partial charge on any atom is -0.465 e. The lowest BCUT2D eigenvalue weighted by Crippen LogP contribution is -2.02. The van der Waals surface area contributed by atoms with E-state index in [1.165, 1.54) is 12.1 Å². The van der Waals surface area contributed by atoms with Gasteiger partial charge in [-0.1, -0.05) is 0 Å². The average molecular weight is 252 g/mol. The highest BCUT2D eigenvalue weighted by atomic mass is 32.1. The van der Waals surface area contributed by atoms with Crippen LogP contribution in [0.1, 0.15) is 9.75 Å². The second-order valence-corrected chi connectivity index (χ2v) is 4.30. The van der Waals surface area contributed by atoms with Gasteiger partial charge in [0.15, 0.2) is 0 Å². The monoisotopic (exact) mass is 252 g/mol. The Hall–Kier alpha value is -2.20. The summed E-state index contributed by atoms with van der Waals surface area (Å²) in [5.74, 6) is -0.763. The molecule has 0 fully saturated rings. The van der Waals surface area contributed by atoms with Gasteiger partial charge in [0.05, 0.1) is 16.9 Å². The number of thiophene rings is 1. The van der Waals surface area contributed by atoms with Crippen LogP contribution in [-0.2, 0) is 9.53 Å². The van der Waals surface area contributed by atoms with Gasteiger partial charge in [0.1, 0.15) is 11.6 Å². The predicted molar refractivity (Wildman–Crippen MR) is 61.3 cm³/mol. The van der Waals surface area contributed by atoms with Gasteiger partial charge in [0.25, 0.3) is 5.69 Å². The largest absolute Gasteiger partial charge is 0.465 e. The number of ether oxygens (including phenoxy) is 1. The highest BCUT2D eigenvalue weighted by Crippen LogP contribution is 2.29. The topological polar surface area (TPSA) is 93.2 Å². The van der Waals surface area contributed by atoms with Crippen LogP contribution in [0.2, 0.25) is 0 Å². The molecular formula is C10H8N2O4S. The van der Waals surface area contributed by atoms with Gasteiger partial charge in [-0.25, -0.2) is 4.79 Å². The second kappa shape index (κ2) is 5.23. The maximum Gasteiger partial charge on any atom is 0.348 e. The summed E-state index contributed by atoms with van der Waals surface area (Å²) in [6.07, 6.45) is 1.27. The van der Waals surface area contributed by atoms with Crippen molar-refractivity contribution in [3.05, 3.63) is 31.5 Å². The molecule has 1 heterocycles. The normalized spacial score (nSPS) is 10.8. The fourth-order valence-electron chi connectivity index (χ4n) is 1.14. The van der Waals surface area contributed by atoms with Crippen molar-refractivity contribution in [2.75, 3.05) is 7.11 Å². The zero-order valence-electron chi connectivity index (χ0n) is 9.09. The van der Waals surface area contributed by atoms with E-state index in [0.717, 1.165) is 18.4 Å². The molecule has 0 N–H and O–H groups in total. The Labute approximate surface area is 101 Å². The van der Waals surface area contributed by atoms with Crippen LogP contribution in [0.3, 0.4) is 0 Å². The first-order valence-electron chi connectivity index (χ1n) is 4.44. The number of nitriles is 1. The lowest BCUT2D eigenvalue weighted by molar-refractivity contribution is -0.385. The molecule has 17 heavy (non-hydrogen) atoms. The first-order valence-corrected chi connectivity index (χ1v) is 5.26. The fraction of sp³-hybridized carbons (Fsp3) is 0.200. The molecule has 0 bridgehead atoms. The molecule has 1 rings (SSSR count). The predicted octanol–water partition coefficient (Wildman–Crippen LogP) is 2.04. The van der Waals surface area contributed by atoms with Crippen LogP contribution in [0.25, 0.3) is 6.08 Å². The number of nitro groups is 1. The van der Waals surface area contributed by atoms with Crippen molar-refractivity contribution in [3.63, 3.8) is 0 Å².